The lowest BCUT2D eigenvalue weighted by atomic mass is 9.83. The highest BCUT2D eigenvalue weighted by Crippen LogP contribution is 2.26. The third-order valence-electron chi connectivity index (χ3n) is 6.45. The Kier molecular flexibility index (Phi) is 62.8. The van der Waals surface area contributed by atoms with Gasteiger partial charge in [0.2, 0.25) is 20.4 Å². The summed E-state index contributed by atoms with van der Waals surface area (Å²) in [6.45, 7) is 22.9. The number of amides is 1. The van der Waals surface area contributed by atoms with Gasteiger partial charge in [0.25, 0.3) is 0 Å². The van der Waals surface area contributed by atoms with Crippen LogP contribution in [0.4, 0.5) is 0 Å². The van der Waals surface area contributed by atoms with E-state index in [1.807, 2.05) is 174 Å². The van der Waals surface area contributed by atoms with Crippen LogP contribution in [0.1, 0.15) is 115 Å². The monoisotopic (exact) mass is 855 g/mol. The van der Waals surface area contributed by atoms with Gasteiger partial charge in [0.1, 0.15) is 0 Å². The first-order valence-corrected chi connectivity index (χ1v) is 20.0. The summed E-state index contributed by atoms with van der Waals surface area (Å²) in [5.74, 6) is -0.669. The van der Waals surface area contributed by atoms with Crippen LogP contribution >= 0.6 is 33.0 Å². The molecular formula is C42H73B3Cl3N2O5S. The van der Waals surface area contributed by atoms with Crippen LogP contribution in [-0.4, -0.2) is 84.8 Å². The summed E-state index contributed by atoms with van der Waals surface area (Å²) in [6, 6.07) is 28.6. The summed E-state index contributed by atoms with van der Waals surface area (Å²) in [4.78, 5) is 35.4. The van der Waals surface area contributed by atoms with Gasteiger partial charge in [-0.25, -0.2) is 4.21 Å². The van der Waals surface area contributed by atoms with Crippen LogP contribution in [0.2, 0.25) is 0 Å². The van der Waals surface area contributed by atoms with Crippen molar-refractivity contribution in [2.75, 3.05) is 28.2 Å². The number of nitrogens with one attached hydrogen (secondary N) is 1. The predicted molar refractivity (Wildman–Crippen MR) is 255 cm³/mol. The molecule has 56 heavy (non-hydrogen) atoms. The summed E-state index contributed by atoms with van der Waals surface area (Å²) >= 11 is 5.47. The SMILES string of the molecule is C.C.CC.CC.CC.CC(C)(C(=O)Cl)c1ccccc1.CC(C)(C(=O)O)c1ccccc1.CN(C)C(=O)C(C)(C)c1ccccc1.CNC.O=S(Cl)Cl.[B].[B].[B]. The van der Waals surface area contributed by atoms with Crippen LogP contribution in [0.15, 0.2) is 91.0 Å². The van der Waals surface area contributed by atoms with Crippen molar-refractivity contribution in [1.82, 2.24) is 10.2 Å². The van der Waals surface area contributed by atoms with Crippen molar-refractivity contribution in [3.8, 4) is 0 Å². The number of carbonyl (C=O) groups is 3. The van der Waals surface area contributed by atoms with Crippen LogP contribution < -0.4 is 5.32 Å². The maximum absolute atomic E-state index is 11.9. The number of benzene rings is 3. The van der Waals surface area contributed by atoms with Gasteiger partial charge in [-0.1, -0.05) is 147 Å². The van der Waals surface area contributed by atoms with Crippen LogP contribution in [0, 0.1) is 0 Å². The minimum Gasteiger partial charge on any atom is -0.481 e. The molecule has 0 saturated carbocycles. The Balaban J connectivity index is -0.0000000592. The van der Waals surface area contributed by atoms with Gasteiger partial charge in [-0.3, -0.25) is 14.4 Å². The maximum Gasteiger partial charge on any atom is 0.313 e. The molecule has 0 bridgehead atoms. The van der Waals surface area contributed by atoms with Crippen molar-refractivity contribution in [3.05, 3.63) is 108 Å². The topological polar surface area (TPSA) is 104 Å². The molecule has 3 rings (SSSR count). The molecule has 0 heterocycles. The van der Waals surface area contributed by atoms with E-state index < -0.39 is 31.4 Å². The van der Waals surface area contributed by atoms with E-state index >= 15 is 0 Å². The summed E-state index contributed by atoms with van der Waals surface area (Å²) < 4.78 is 9.09. The number of aliphatic carboxylic acids is 1. The molecule has 7 nitrogen and oxygen atoms in total. The summed E-state index contributed by atoms with van der Waals surface area (Å²) in [6.07, 6.45) is 0. The van der Waals surface area contributed by atoms with Crippen molar-refractivity contribution >= 4 is 84.6 Å². The molecule has 0 atom stereocenters. The van der Waals surface area contributed by atoms with Crippen LogP contribution in [0.5, 0.6) is 0 Å². The number of likely N-dealkylation sites (N-methyl/N-ethyl adjacent to an activating group) is 1. The largest absolute Gasteiger partial charge is 0.481 e. The Morgan fingerprint density at radius 3 is 0.946 bits per heavy atom. The number of rotatable bonds is 6. The van der Waals surface area contributed by atoms with Gasteiger partial charge in [-0.05, 0) is 83.9 Å². The summed E-state index contributed by atoms with van der Waals surface area (Å²) in [5.41, 5.74) is 1.02. The number of hydrogen-bond donors (Lipinski definition) is 2. The third kappa shape index (κ3) is 34.7. The summed E-state index contributed by atoms with van der Waals surface area (Å²) in [5, 5.41) is 11.3. The quantitative estimate of drug-likeness (QED) is 0.189. The summed E-state index contributed by atoms with van der Waals surface area (Å²) in [7, 11) is 14.7. The van der Waals surface area contributed by atoms with Crippen molar-refractivity contribution in [2.45, 2.75) is 114 Å². The van der Waals surface area contributed by atoms with Gasteiger partial charge in [-0.15, -0.1) is 0 Å². The minimum atomic E-state index is -1.67. The van der Waals surface area contributed by atoms with Crippen molar-refractivity contribution in [1.29, 1.82) is 0 Å². The highest BCUT2D eigenvalue weighted by molar-refractivity contribution is 8.26. The molecule has 14 heteroatoms. The molecule has 0 aliphatic heterocycles. The Labute approximate surface area is 366 Å². The molecule has 0 fully saturated rings. The van der Waals surface area contributed by atoms with E-state index in [-0.39, 0.29) is 51.2 Å². The van der Waals surface area contributed by atoms with Crippen molar-refractivity contribution < 1.29 is 23.7 Å². The smallest absolute Gasteiger partial charge is 0.313 e. The van der Waals surface area contributed by atoms with E-state index in [1.54, 1.807) is 32.8 Å². The maximum atomic E-state index is 11.9. The van der Waals surface area contributed by atoms with Crippen LogP contribution in [0.3, 0.4) is 0 Å². The first kappa shape index (κ1) is 77.9. The second kappa shape index (κ2) is 45.2. The minimum absolute atomic E-state index is 0. The van der Waals surface area contributed by atoms with E-state index in [2.05, 4.69) is 26.7 Å². The molecule has 0 saturated heterocycles. The molecule has 9 radical (unpaired) electrons. The highest BCUT2D eigenvalue weighted by atomic mass is 36.0. The molecule has 0 aliphatic carbocycles. The van der Waals surface area contributed by atoms with Gasteiger partial charge in [-0.2, -0.15) is 0 Å². The zero-order valence-corrected chi connectivity index (χ0v) is 38.5. The van der Waals surface area contributed by atoms with Gasteiger partial charge in [0.05, 0.1) is 16.2 Å². The van der Waals surface area contributed by atoms with Crippen molar-refractivity contribution in [2.24, 2.45) is 0 Å². The van der Waals surface area contributed by atoms with Crippen LogP contribution in [-0.2, 0) is 39.9 Å². The molecule has 3 aromatic carbocycles. The van der Waals surface area contributed by atoms with E-state index in [0.29, 0.717) is 0 Å². The van der Waals surface area contributed by atoms with E-state index in [1.165, 1.54) is 0 Å². The molecule has 1 amide bonds. The fourth-order valence-corrected chi connectivity index (χ4v) is 3.59. The molecule has 0 aliphatic rings. The number of carbonyl (C=O) groups excluding carboxylic acids is 2. The third-order valence-corrected chi connectivity index (χ3v) is 6.93. The van der Waals surface area contributed by atoms with E-state index in [0.717, 1.165) is 16.7 Å². The molecular weight excluding hydrogens is 783 g/mol. The van der Waals surface area contributed by atoms with Gasteiger partial charge in [0, 0.05) is 60.7 Å². The van der Waals surface area contributed by atoms with E-state index in [9.17, 15) is 14.4 Å². The van der Waals surface area contributed by atoms with Gasteiger partial charge < -0.3 is 15.3 Å². The second-order valence-electron chi connectivity index (χ2n) is 11.4. The Morgan fingerprint density at radius 2 is 0.768 bits per heavy atom. The number of nitrogens with zero attached hydrogens (tertiary/aromatic N) is 1. The first-order chi connectivity index (χ1) is 23.7. The fraction of sp³-hybridized carbons (Fsp3) is 0.500. The average Bonchev–Trinajstić information content (AvgIpc) is 3.12. The molecule has 317 valence electrons. The highest BCUT2D eigenvalue weighted by Gasteiger charge is 2.31. The fourth-order valence-electron chi connectivity index (χ4n) is 3.48. The van der Waals surface area contributed by atoms with Crippen molar-refractivity contribution in [3.63, 3.8) is 0 Å². The predicted octanol–water partition coefficient (Wildman–Crippen LogP) is 10.9. The lowest BCUT2D eigenvalue weighted by Gasteiger charge is -2.27. The lowest BCUT2D eigenvalue weighted by Crippen LogP contribution is -2.39. The Morgan fingerprint density at radius 1 is 0.571 bits per heavy atom. The zero-order valence-electron chi connectivity index (χ0n) is 35.5. The number of hydrogen-bond acceptors (Lipinski definition) is 5. The standard InChI is InChI=1S/C12H17NO.C10H11ClO.C10H12O2.C2H7N.3C2H6.2CH4.3B.Cl2OS/c1-12(2,11(14)13(3)4)10-8-6-5-7-9-10;2*1-10(2,9(11)12)8-6-4-3-5-7-8;1-3-2;3*1-2;;;;;;1-4(2)3/h5-9H,1-4H3;3-7H,1-2H3;3-7H,1-2H3,(H,11,12);3H,1-2H3;3*1-2H3;2*1H4;;;;. The number of carboxylic acid groups (broad SMARTS) is 1. The lowest BCUT2D eigenvalue weighted by molar-refractivity contribution is -0.142. The Hall–Kier alpha value is -2.56. The van der Waals surface area contributed by atoms with E-state index in [4.69, 9.17) is 20.9 Å². The zero-order chi connectivity index (χ0) is 41.4. The molecule has 0 spiro atoms. The van der Waals surface area contributed by atoms with Crippen LogP contribution in [0.25, 0.3) is 0 Å². The molecule has 0 aromatic heterocycles. The molecule has 0 unspecified atom stereocenters. The Bertz CT molecular complexity index is 1260. The number of carboxylic acids is 1. The first-order valence-electron chi connectivity index (χ1n) is 16.9. The van der Waals surface area contributed by atoms with Gasteiger partial charge >= 0.3 is 5.97 Å². The average molecular weight is 857 g/mol. The second-order valence-corrected chi connectivity index (χ2v) is 14.3. The molecule has 3 aromatic rings. The molecule has 2 N–H and O–H groups in total. The van der Waals surface area contributed by atoms with Gasteiger partial charge in [0.15, 0.2) is 0 Å². The number of halogens is 3. The normalized spacial score (nSPS) is 8.86.